The van der Waals surface area contributed by atoms with E-state index in [-0.39, 0.29) is 42.1 Å². The summed E-state index contributed by atoms with van der Waals surface area (Å²) in [6.45, 7) is 3.04. The molecule has 6 rings (SSSR count). The lowest BCUT2D eigenvalue weighted by Gasteiger charge is -2.41. The van der Waals surface area contributed by atoms with Crippen molar-refractivity contribution in [2.45, 2.75) is 48.8 Å². The molecule has 2 aliphatic heterocycles. The maximum atomic E-state index is 13.4. The highest BCUT2D eigenvalue weighted by Gasteiger charge is 2.42. The van der Waals surface area contributed by atoms with Gasteiger partial charge in [-0.05, 0) is 25.8 Å². The Morgan fingerprint density at radius 1 is 1.29 bits per heavy atom. The van der Waals surface area contributed by atoms with Crippen molar-refractivity contribution in [3.05, 3.63) is 23.5 Å². The lowest BCUT2D eigenvalue weighted by atomic mass is 10.1. The number of imidazole rings is 1. The molecular formula is C22H25F2N7O5S2. The van der Waals surface area contributed by atoms with Gasteiger partial charge in [-0.15, -0.1) is 10.2 Å². The van der Waals surface area contributed by atoms with E-state index in [9.17, 15) is 27.1 Å². The van der Waals surface area contributed by atoms with E-state index in [1.807, 2.05) is 11.8 Å². The minimum atomic E-state index is -3.95. The quantitative estimate of drug-likeness (QED) is 0.427. The van der Waals surface area contributed by atoms with Crippen LogP contribution in [-0.4, -0.2) is 94.4 Å². The molecule has 3 fully saturated rings. The van der Waals surface area contributed by atoms with Crippen LogP contribution in [0, 0.1) is 0 Å². The molecule has 5 heterocycles. The highest BCUT2D eigenvalue weighted by molar-refractivity contribution is 7.89. The summed E-state index contributed by atoms with van der Waals surface area (Å²) in [5, 5.41) is 16.7. The fourth-order valence-corrected chi connectivity index (χ4v) is 6.73. The van der Waals surface area contributed by atoms with E-state index in [4.69, 9.17) is 4.74 Å². The van der Waals surface area contributed by atoms with E-state index in [2.05, 4.69) is 19.9 Å². The number of amides is 1. The molecule has 12 nitrogen and oxygen atoms in total. The molecule has 3 aliphatic rings. The Kier molecular flexibility index (Phi) is 6.14. The lowest BCUT2D eigenvalue weighted by Crippen LogP contribution is -2.59. The highest BCUT2D eigenvalue weighted by atomic mass is 32.2. The molecule has 1 aliphatic carbocycles. The van der Waals surface area contributed by atoms with Crippen molar-refractivity contribution >= 4 is 38.6 Å². The van der Waals surface area contributed by atoms with Crippen LogP contribution in [0.3, 0.4) is 0 Å². The zero-order chi connectivity index (χ0) is 26.8. The number of β-amino-alcohol motifs (C(OH)–C–C–N with tert-alkyl or cyclic N) is 1. The van der Waals surface area contributed by atoms with Gasteiger partial charge in [-0.3, -0.25) is 9.20 Å². The predicted molar refractivity (Wildman–Crippen MR) is 132 cm³/mol. The molecule has 0 bridgehead atoms. The molecule has 0 aromatic carbocycles. The van der Waals surface area contributed by atoms with E-state index < -0.39 is 39.2 Å². The molecular weight excluding hydrogens is 544 g/mol. The van der Waals surface area contributed by atoms with Gasteiger partial charge in [-0.25, -0.2) is 26.9 Å². The largest absolute Gasteiger partial charge is 0.389 e. The number of pyridine rings is 1. The zero-order valence-electron chi connectivity index (χ0n) is 20.2. The third-order valence-electron chi connectivity index (χ3n) is 6.96. The molecule has 3 aromatic heterocycles. The number of rotatable bonds is 7. The summed E-state index contributed by atoms with van der Waals surface area (Å²) in [6.07, 6.45) is 0.135. The third kappa shape index (κ3) is 4.64. The Morgan fingerprint density at radius 2 is 2.05 bits per heavy atom. The van der Waals surface area contributed by atoms with Crippen molar-refractivity contribution in [1.29, 1.82) is 0 Å². The Labute approximate surface area is 220 Å². The van der Waals surface area contributed by atoms with Crippen LogP contribution in [0.1, 0.15) is 31.2 Å². The zero-order valence-corrected chi connectivity index (χ0v) is 21.9. The number of sulfonamides is 1. The molecule has 0 spiro atoms. The first-order valence-corrected chi connectivity index (χ1v) is 14.3. The number of morpholine rings is 1. The van der Waals surface area contributed by atoms with Crippen molar-refractivity contribution in [3.63, 3.8) is 0 Å². The van der Waals surface area contributed by atoms with Crippen molar-refractivity contribution in [2.24, 2.45) is 0 Å². The fraction of sp³-hybridized carbons (Fsp3) is 0.545. The van der Waals surface area contributed by atoms with E-state index in [1.54, 1.807) is 0 Å². The van der Waals surface area contributed by atoms with E-state index in [0.29, 0.717) is 34.9 Å². The van der Waals surface area contributed by atoms with Crippen LogP contribution in [0.5, 0.6) is 0 Å². The molecule has 1 saturated carbocycles. The van der Waals surface area contributed by atoms with Crippen LogP contribution in [0.25, 0.3) is 16.3 Å². The van der Waals surface area contributed by atoms with Gasteiger partial charge in [0.05, 0.1) is 31.1 Å². The van der Waals surface area contributed by atoms with Crippen LogP contribution in [0.15, 0.2) is 23.4 Å². The number of ether oxygens (including phenoxy) is 1. The van der Waals surface area contributed by atoms with Crippen LogP contribution in [0.2, 0.25) is 0 Å². The minimum absolute atomic E-state index is 0.0359. The number of carbonyl (C=O) groups is 1. The van der Waals surface area contributed by atoms with Crippen molar-refractivity contribution < 1.29 is 31.8 Å². The molecule has 1 atom stereocenters. The molecule has 2 saturated heterocycles. The minimum Gasteiger partial charge on any atom is -0.389 e. The van der Waals surface area contributed by atoms with Crippen molar-refractivity contribution in [3.8, 4) is 10.7 Å². The topological polar surface area (TPSA) is 142 Å². The molecule has 38 heavy (non-hydrogen) atoms. The standard InChI is InChI=1S/C22H25F2N7O5S2/c1-22(2-3-22)28-38(34,35)13-6-14(29-4-5-36-16(11-29)21(33)30-8-12(32)9-30)18-25-7-15(31(18)10-13)19-26-27-20(37-19)17(23)24/h6-7,10,12,16-17,28,32H,2-5,8-9,11H2,1H3/t16-/m0/s1. The maximum Gasteiger partial charge on any atom is 0.291 e. The number of fused-ring (bicyclic) bond motifs is 1. The second-order valence-electron chi connectivity index (χ2n) is 10.0. The number of anilines is 1. The van der Waals surface area contributed by atoms with E-state index >= 15 is 0 Å². The Hall–Kier alpha value is -2.79. The number of aliphatic hydroxyl groups excluding tert-OH is 1. The van der Waals surface area contributed by atoms with Gasteiger partial charge in [0, 0.05) is 31.4 Å². The summed E-state index contributed by atoms with van der Waals surface area (Å²) in [6, 6.07) is 1.51. The van der Waals surface area contributed by atoms with Gasteiger partial charge in [0.2, 0.25) is 10.0 Å². The SMILES string of the molecule is CC1(NS(=O)(=O)c2cc(N3CCO[C@H](C(=O)N4CC(O)C4)C3)c3ncc(-c4nnc(C(F)F)s4)n3c2)CC1. The van der Waals surface area contributed by atoms with Crippen LogP contribution < -0.4 is 9.62 Å². The number of hydrogen-bond donors (Lipinski definition) is 2. The molecule has 3 aromatic rings. The third-order valence-corrected chi connectivity index (χ3v) is 9.51. The van der Waals surface area contributed by atoms with Gasteiger partial charge < -0.3 is 19.6 Å². The summed E-state index contributed by atoms with van der Waals surface area (Å²) >= 11 is 0.703. The number of carbonyl (C=O) groups excluding carboxylic acids is 1. The second-order valence-corrected chi connectivity index (χ2v) is 12.7. The number of alkyl halides is 2. The summed E-state index contributed by atoms with van der Waals surface area (Å²) in [7, 11) is -3.95. The van der Waals surface area contributed by atoms with Gasteiger partial charge in [0.25, 0.3) is 12.3 Å². The summed E-state index contributed by atoms with van der Waals surface area (Å²) in [4.78, 5) is 20.6. The molecule has 204 valence electrons. The first-order chi connectivity index (χ1) is 18.0. The highest BCUT2D eigenvalue weighted by Crippen LogP contribution is 2.38. The average molecular weight is 570 g/mol. The second kappa shape index (κ2) is 9.15. The number of aliphatic hydroxyl groups is 1. The summed E-state index contributed by atoms with van der Waals surface area (Å²) in [5.41, 5.74) is 0.618. The summed E-state index contributed by atoms with van der Waals surface area (Å²) < 4.78 is 63.0. The molecule has 2 N–H and O–H groups in total. The van der Waals surface area contributed by atoms with Gasteiger partial charge >= 0.3 is 0 Å². The molecule has 0 unspecified atom stereocenters. The molecule has 16 heteroatoms. The van der Waals surface area contributed by atoms with E-state index in [1.165, 1.54) is 27.8 Å². The number of nitrogens with zero attached hydrogens (tertiary/aromatic N) is 6. The first kappa shape index (κ1) is 25.5. The van der Waals surface area contributed by atoms with Crippen LogP contribution >= 0.6 is 11.3 Å². The number of halogens is 2. The smallest absolute Gasteiger partial charge is 0.291 e. The number of nitrogens with one attached hydrogen (secondary N) is 1. The monoisotopic (exact) mass is 569 g/mol. The van der Waals surface area contributed by atoms with Gasteiger partial charge in [-0.2, -0.15) is 0 Å². The van der Waals surface area contributed by atoms with Crippen LogP contribution in [0.4, 0.5) is 14.5 Å². The molecule has 1 amide bonds. The average Bonchev–Trinajstić information content (AvgIpc) is 3.24. The van der Waals surface area contributed by atoms with Crippen molar-refractivity contribution in [2.75, 3.05) is 37.7 Å². The Balaban J connectivity index is 1.41. The molecule has 0 radical (unpaired) electrons. The van der Waals surface area contributed by atoms with Gasteiger partial charge in [0.15, 0.2) is 21.8 Å². The Bertz CT molecular complexity index is 1500. The fourth-order valence-electron chi connectivity index (χ4n) is 4.54. The number of likely N-dealkylation sites (tertiary alicyclic amines) is 1. The van der Waals surface area contributed by atoms with E-state index in [0.717, 1.165) is 12.8 Å². The number of aromatic nitrogens is 4. The number of hydrogen-bond acceptors (Lipinski definition) is 10. The predicted octanol–water partition coefficient (Wildman–Crippen LogP) is 1.03. The lowest BCUT2D eigenvalue weighted by molar-refractivity contribution is -0.154. The first-order valence-electron chi connectivity index (χ1n) is 12.0. The van der Waals surface area contributed by atoms with Crippen LogP contribution in [-0.2, 0) is 19.6 Å². The van der Waals surface area contributed by atoms with Gasteiger partial charge in [0.1, 0.15) is 10.6 Å². The van der Waals surface area contributed by atoms with Crippen molar-refractivity contribution in [1.82, 2.24) is 29.2 Å². The summed E-state index contributed by atoms with van der Waals surface area (Å²) in [5.74, 6) is -0.249. The Morgan fingerprint density at radius 3 is 2.71 bits per heavy atom. The maximum absolute atomic E-state index is 13.4. The normalized spacial score (nSPS) is 21.8. The van der Waals surface area contributed by atoms with Gasteiger partial charge in [-0.1, -0.05) is 11.3 Å².